The lowest BCUT2D eigenvalue weighted by molar-refractivity contribution is 0.0984. The minimum Gasteiger partial charge on any atom is -0.366 e. The Morgan fingerprint density at radius 2 is 1.84 bits per heavy atom. The number of primary amides is 1. The number of para-hydroxylation sites is 1. The van der Waals surface area contributed by atoms with Gasteiger partial charge < -0.3 is 11.1 Å². The van der Waals surface area contributed by atoms with Crippen LogP contribution in [-0.4, -0.2) is 31.9 Å². The molecular weight excluding hydrogens is 404 g/mol. The van der Waals surface area contributed by atoms with E-state index < -0.39 is 5.91 Å². The Hall–Kier alpha value is -4.07. The molecule has 162 valence electrons. The molecule has 4 N–H and O–H groups in total. The summed E-state index contributed by atoms with van der Waals surface area (Å²) in [5.74, 6) is 0.335. The summed E-state index contributed by atoms with van der Waals surface area (Å²) >= 11 is 0. The highest BCUT2D eigenvalue weighted by atomic mass is 16.1. The zero-order valence-electron chi connectivity index (χ0n) is 17.9. The number of aromatic nitrogens is 4. The third kappa shape index (κ3) is 4.49. The van der Waals surface area contributed by atoms with Crippen molar-refractivity contribution in [3.8, 4) is 0 Å². The maximum absolute atomic E-state index is 12.6. The Labute approximate surface area is 185 Å². The molecule has 2 aromatic carbocycles. The predicted octanol–water partition coefficient (Wildman–Crippen LogP) is 3.61. The number of carbonyl (C=O) groups excluding carboxylic acids is 2. The van der Waals surface area contributed by atoms with Gasteiger partial charge in [0.1, 0.15) is 17.8 Å². The molecule has 2 heterocycles. The molecule has 0 saturated heterocycles. The van der Waals surface area contributed by atoms with E-state index in [2.05, 4.69) is 25.5 Å². The largest absolute Gasteiger partial charge is 0.366 e. The fourth-order valence-electron chi connectivity index (χ4n) is 3.51. The van der Waals surface area contributed by atoms with E-state index in [1.54, 1.807) is 12.1 Å². The number of aromatic amines is 1. The van der Waals surface area contributed by atoms with Crippen LogP contribution < -0.4 is 11.1 Å². The summed E-state index contributed by atoms with van der Waals surface area (Å²) in [7, 11) is 0. The number of fused-ring (bicyclic) bond motifs is 1. The van der Waals surface area contributed by atoms with Crippen LogP contribution in [0.3, 0.4) is 0 Å². The molecule has 0 radical (unpaired) electrons. The second kappa shape index (κ2) is 8.97. The second-order valence-electron chi connectivity index (χ2n) is 7.92. The van der Waals surface area contributed by atoms with Gasteiger partial charge in [0.15, 0.2) is 5.78 Å². The van der Waals surface area contributed by atoms with Gasteiger partial charge in [-0.3, -0.25) is 14.7 Å². The first-order valence-corrected chi connectivity index (χ1v) is 10.4. The molecule has 2 aromatic heterocycles. The number of ketones is 1. The Bertz CT molecular complexity index is 1290. The van der Waals surface area contributed by atoms with Crippen LogP contribution in [0.2, 0.25) is 0 Å². The van der Waals surface area contributed by atoms with E-state index >= 15 is 0 Å². The standard InChI is InChI=1S/C24H24N6O2/c1-14(2)19-11-20(30-29-19)21(31)10-15-5-3-6-16(9-15)12-26-24-18-8-4-7-17(23(25)32)22(18)27-13-28-24/h3-9,11,13-14H,10,12H2,1-2H3,(H2,25,32)(H,29,30)(H,26,27,28). The Morgan fingerprint density at radius 3 is 2.59 bits per heavy atom. The van der Waals surface area contributed by atoms with Crippen molar-refractivity contribution >= 4 is 28.4 Å². The van der Waals surface area contributed by atoms with Crippen LogP contribution in [0.25, 0.3) is 10.9 Å². The quantitative estimate of drug-likeness (QED) is 0.368. The third-order valence-electron chi connectivity index (χ3n) is 5.25. The number of amides is 1. The topological polar surface area (TPSA) is 127 Å². The number of nitrogens with zero attached hydrogens (tertiary/aromatic N) is 3. The van der Waals surface area contributed by atoms with Crippen molar-refractivity contribution in [3.63, 3.8) is 0 Å². The summed E-state index contributed by atoms with van der Waals surface area (Å²) in [5.41, 5.74) is 9.63. The summed E-state index contributed by atoms with van der Waals surface area (Å²) in [4.78, 5) is 32.8. The number of anilines is 1. The maximum Gasteiger partial charge on any atom is 0.250 e. The van der Waals surface area contributed by atoms with E-state index in [9.17, 15) is 9.59 Å². The van der Waals surface area contributed by atoms with Gasteiger partial charge in [0.25, 0.3) is 5.91 Å². The highest BCUT2D eigenvalue weighted by Crippen LogP contribution is 2.23. The first-order chi connectivity index (χ1) is 15.4. The number of Topliss-reactive ketones (excluding diaryl/α,β-unsaturated/α-hetero) is 1. The van der Waals surface area contributed by atoms with E-state index in [-0.39, 0.29) is 18.1 Å². The number of nitrogens with one attached hydrogen (secondary N) is 2. The summed E-state index contributed by atoms with van der Waals surface area (Å²) in [6.45, 7) is 4.59. The number of carbonyl (C=O) groups is 2. The van der Waals surface area contributed by atoms with Crippen molar-refractivity contribution in [3.05, 3.63) is 82.9 Å². The van der Waals surface area contributed by atoms with E-state index in [4.69, 9.17) is 5.73 Å². The number of H-pyrrole nitrogens is 1. The minimum absolute atomic E-state index is 0.0287. The summed E-state index contributed by atoms with van der Waals surface area (Å²) in [6, 6.07) is 14.9. The molecule has 8 nitrogen and oxygen atoms in total. The van der Waals surface area contributed by atoms with E-state index in [1.807, 2.05) is 50.2 Å². The second-order valence-corrected chi connectivity index (χ2v) is 7.92. The fraction of sp³-hybridized carbons (Fsp3) is 0.208. The van der Waals surface area contributed by atoms with Crippen LogP contribution in [0.1, 0.15) is 57.4 Å². The lowest BCUT2D eigenvalue weighted by Gasteiger charge is -2.10. The van der Waals surface area contributed by atoms with Gasteiger partial charge in [0.05, 0.1) is 11.1 Å². The number of benzene rings is 2. The number of hydrogen-bond donors (Lipinski definition) is 3. The van der Waals surface area contributed by atoms with Crippen molar-refractivity contribution in [2.75, 3.05) is 5.32 Å². The molecule has 4 aromatic rings. The molecular formula is C24H24N6O2. The molecule has 8 heteroatoms. The number of nitrogens with two attached hydrogens (primary N) is 1. The van der Waals surface area contributed by atoms with Gasteiger partial charge in [-0.25, -0.2) is 9.97 Å². The van der Waals surface area contributed by atoms with E-state index in [1.165, 1.54) is 6.33 Å². The van der Waals surface area contributed by atoms with Crippen molar-refractivity contribution < 1.29 is 9.59 Å². The molecule has 0 aliphatic heterocycles. The van der Waals surface area contributed by atoms with Gasteiger partial charge in [-0.15, -0.1) is 0 Å². The number of hydrogen-bond acceptors (Lipinski definition) is 6. The smallest absolute Gasteiger partial charge is 0.250 e. The van der Waals surface area contributed by atoms with Crippen LogP contribution >= 0.6 is 0 Å². The molecule has 32 heavy (non-hydrogen) atoms. The van der Waals surface area contributed by atoms with Gasteiger partial charge in [-0.1, -0.05) is 44.2 Å². The van der Waals surface area contributed by atoms with Gasteiger partial charge in [-0.2, -0.15) is 5.10 Å². The summed E-state index contributed by atoms with van der Waals surface area (Å²) < 4.78 is 0. The van der Waals surface area contributed by atoms with Crippen LogP contribution in [0, 0.1) is 0 Å². The lowest BCUT2D eigenvalue weighted by Crippen LogP contribution is -2.12. The van der Waals surface area contributed by atoms with Gasteiger partial charge in [0.2, 0.25) is 0 Å². The Morgan fingerprint density at radius 1 is 1.06 bits per heavy atom. The van der Waals surface area contributed by atoms with Gasteiger partial charge >= 0.3 is 0 Å². The van der Waals surface area contributed by atoms with E-state index in [0.717, 1.165) is 22.2 Å². The fourth-order valence-corrected chi connectivity index (χ4v) is 3.51. The average Bonchev–Trinajstić information content (AvgIpc) is 3.28. The van der Waals surface area contributed by atoms with Crippen molar-refractivity contribution in [2.45, 2.75) is 32.7 Å². The first kappa shape index (κ1) is 21.2. The highest BCUT2D eigenvalue weighted by molar-refractivity contribution is 6.06. The molecule has 0 fully saturated rings. The van der Waals surface area contributed by atoms with Crippen LogP contribution in [0.5, 0.6) is 0 Å². The third-order valence-corrected chi connectivity index (χ3v) is 5.25. The van der Waals surface area contributed by atoms with Gasteiger partial charge in [-0.05, 0) is 35.2 Å². The molecule has 0 aliphatic carbocycles. The first-order valence-electron chi connectivity index (χ1n) is 10.4. The van der Waals surface area contributed by atoms with Crippen LogP contribution in [-0.2, 0) is 13.0 Å². The monoisotopic (exact) mass is 428 g/mol. The van der Waals surface area contributed by atoms with E-state index in [0.29, 0.717) is 29.1 Å². The molecule has 0 atom stereocenters. The molecule has 1 amide bonds. The van der Waals surface area contributed by atoms with Crippen LogP contribution in [0.15, 0.2) is 54.9 Å². The van der Waals surface area contributed by atoms with Gasteiger partial charge in [0, 0.05) is 24.0 Å². The summed E-state index contributed by atoms with van der Waals surface area (Å²) in [6.07, 6.45) is 1.68. The molecule has 0 spiro atoms. The van der Waals surface area contributed by atoms with Crippen molar-refractivity contribution in [1.29, 1.82) is 0 Å². The molecule has 4 rings (SSSR count). The maximum atomic E-state index is 12.6. The average molecular weight is 428 g/mol. The summed E-state index contributed by atoms with van der Waals surface area (Å²) in [5, 5.41) is 11.1. The molecule has 0 saturated carbocycles. The van der Waals surface area contributed by atoms with Crippen molar-refractivity contribution in [1.82, 2.24) is 20.2 Å². The number of rotatable bonds is 8. The SMILES string of the molecule is CC(C)c1cc(C(=O)Cc2cccc(CNc3ncnc4c(C(N)=O)cccc34)c2)n[nH]1. The molecule has 0 unspecified atom stereocenters. The zero-order chi connectivity index (χ0) is 22.7. The normalized spacial score (nSPS) is 11.1. The van der Waals surface area contributed by atoms with Crippen LogP contribution in [0.4, 0.5) is 5.82 Å². The molecule has 0 bridgehead atoms. The minimum atomic E-state index is -0.532. The molecule has 0 aliphatic rings. The predicted molar refractivity (Wildman–Crippen MR) is 123 cm³/mol. The Balaban J connectivity index is 1.48. The van der Waals surface area contributed by atoms with Crippen molar-refractivity contribution in [2.24, 2.45) is 5.73 Å². The lowest BCUT2D eigenvalue weighted by atomic mass is 10.0. The highest BCUT2D eigenvalue weighted by Gasteiger charge is 2.14. The Kier molecular flexibility index (Phi) is 5.93. The zero-order valence-corrected chi connectivity index (χ0v) is 17.9.